The lowest BCUT2D eigenvalue weighted by molar-refractivity contribution is -0.142. The normalized spacial score (nSPS) is 16.6. The SMILES string of the molecule is COc1ccccc1NS(=O)(=O)c1cc(NC(=O)C2CCCN(C(=O)C(C)(C)C)C2)ccc1C. The molecule has 0 saturated carbocycles. The van der Waals surface area contributed by atoms with Crippen molar-refractivity contribution >= 4 is 33.2 Å². The zero-order valence-electron chi connectivity index (χ0n) is 20.3. The van der Waals surface area contributed by atoms with E-state index in [2.05, 4.69) is 10.0 Å². The number of carbonyl (C=O) groups is 2. The lowest BCUT2D eigenvalue weighted by atomic mass is 9.91. The predicted octanol–water partition coefficient (Wildman–Crippen LogP) is 4.03. The molecular formula is C25H33N3O5S. The van der Waals surface area contributed by atoms with E-state index in [1.54, 1.807) is 48.2 Å². The number of benzene rings is 2. The number of amides is 2. The largest absolute Gasteiger partial charge is 0.495 e. The van der Waals surface area contributed by atoms with Crippen LogP contribution < -0.4 is 14.8 Å². The van der Waals surface area contributed by atoms with Crippen LogP contribution in [0.25, 0.3) is 0 Å². The highest BCUT2D eigenvalue weighted by Gasteiger charge is 2.33. The molecule has 8 nitrogen and oxygen atoms in total. The van der Waals surface area contributed by atoms with Gasteiger partial charge in [0.1, 0.15) is 5.75 Å². The molecule has 2 aromatic rings. The summed E-state index contributed by atoms with van der Waals surface area (Å²) in [7, 11) is -2.46. The topological polar surface area (TPSA) is 105 Å². The maximum absolute atomic E-state index is 13.1. The van der Waals surface area contributed by atoms with E-state index in [4.69, 9.17) is 4.74 Å². The molecule has 34 heavy (non-hydrogen) atoms. The molecule has 1 saturated heterocycles. The molecule has 3 rings (SSSR count). The minimum absolute atomic E-state index is 0.0242. The van der Waals surface area contributed by atoms with Crippen LogP contribution in [0.3, 0.4) is 0 Å². The Labute approximate surface area is 201 Å². The van der Waals surface area contributed by atoms with Crippen molar-refractivity contribution in [3.8, 4) is 5.75 Å². The van der Waals surface area contributed by atoms with Crippen LogP contribution in [0.2, 0.25) is 0 Å². The maximum Gasteiger partial charge on any atom is 0.262 e. The van der Waals surface area contributed by atoms with Crippen molar-refractivity contribution in [1.82, 2.24) is 4.90 Å². The lowest BCUT2D eigenvalue weighted by Crippen LogP contribution is -2.47. The maximum atomic E-state index is 13.1. The molecule has 1 heterocycles. The molecule has 1 atom stereocenters. The Balaban J connectivity index is 1.77. The van der Waals surface area contributed by atoms with E-state index >= 15 is 0 Å². The van der Waals surface area contributed by atoms with Gasteiger partial charge in [-0.15, -0.1) is 0 Å². The van der Waals surface area contributed by atoms with E-state index in [1.165, 1.54) is 13.2 Å². The standard InChI is InChI=1S/C25H33N3O5S/c1-17-12-13-19(15-22(17)34(31,32)27-20-10-6-7-11-21(20)33-5)26-23(29)18-9-8-14-28(16-18)24(30)25(2,3)4/h6-7,10-13,15,18,27H,8-9,14,16H2,1-5H3,(H,26,29). The van der Waals surface area contributed by atoms with Crippen molar-refractivity contribution in [2.75, 3.05) is 30.2 Å². The molecule has 2 amide bonds. The third-order valence-corrected chi connectivity index (χ3v) is 7.32. The summed E-state index contributed by atoms with van der Waals surface area (Å²) < 4.78 is 34.0. The molecule has 2 aromatic carbocycles. The minimum Gasteiger partial charge on any atom is -0.495 e. The summed E-state index contributed by atoms with van der Waals surface area (Å²) in [5.74, 6) is -0.152. The average molecular weight is 488 g/mol. The smallest absolute Gasteiger partial charge is 0.262 e. The van der Waals surface area contributed by atoms with E-state index in [0.717, 1.165) is 6.42 Å². The summed E-state index contributed by atoms with van der Waals surface area (Å²) in [5.41, 5.74) is 0.743. The second kappa shape index (κ2) is 10.0. The zero-order chi connectivity index (χ0) is 25.1. The van der Waals surface area contributed by atoms with Gasteiger partial charge in [-0.2, -0.15) is 0 Å². The number of hydrogen-bond acceptors (Lipinski definition) is 5. The van der Waals surface area contributed by atoms with E-state index in [1.807, 2.05) is 20.8 Å². The number of rotatable bonds is 6. The van der Waals surface area contributed by atoms with Crippen LogP contribution >= 0.6 is 0 Å². The Hall–Kier alpha value is -3.07. The molecule has 184 valence electrons. The molecule has 0 radical (unpaired) electrons. The first kappa shape index (κ1) is 25.6. The molecule has 2 N–H and O–H groups in total. The van der Waals surface area contributed by atoms with Gasteiger partial charge in [0.2, 0.25) is 11.8 Å². The minimum atomic E-state index is -3.93. The molecule has 0 aliphatic carbocycles. The molecule has 1 aliphatic rings. The molecule has 1 fully saturated rings. The van der Waals surface area contributed by atoms with Gasteiger partial charge in [-0.25, -0.2) is 8.42 Å². The fourth-order valence-electron chi connectivity index (χ4n) is 3.99. The Morgan fingerprint density at radius 1 is 1.12 bits per heavy atom. The predicted molar refractivity (Wildman–Crippen MR) is 132 cm³/mol. The highest BCUT2D eigenvalue weighted by Crippen LogP contribution is 2.29. The van der Waals surface area contributed by atoms with Gasteiger partial charge in [-0.1, -0.05) is 39.0 Å². The fraction of sp³-hybridized carbons (Fsp3) is 0.440. The van der Waals surface area contributed by atoms with E-state index in [0.29, 0.717) is 42.2 Å². The number of carbonyl (C=O) groups excluding carboxylic acids is 2. The number of likely N-dealkylation sites (tertiary alicyclic amines) is 1. The van der Waals surface area contributed by atoms with E-state index < -0.39 is 15.4 Å². The van der Waals surface area contributed by atoms with Crippen LogP contribution in [-0.2, 0) is 19.6 Å². The molecule has 1 aliphatic heterocycles. The summed E-state index contributed by atoms with van der Waals surface area (Å²) in [5, 5.41) is 2.84. The number of nitrogens with one attached hydrogen (secondary N) is 2. The van der Waals surface area contributed by atoms with Crippen molar-refractivity contribution in [3.63, 3.8) is 0 Å². The molecule has 1 unspecified atom stereocenters. The van der Waals surface area contributed by atoms with Crippen LogP contribution in [0.5, 0.6) is 5.75 Å². The van der Waals surface area contributed by atoms with Gasteiger partial charge < -0.3 is 15.0 Å². The van der Waals surface area contributed by atoms with Gasteiger partial charge in [-0.3, -0.25) is 14.3 Å². The van der Waals surface area contributed by atoms with E-state index in [-0.39, 0.29) is 22.6 Å². The van der Waals surface area contributed by atoms with Gasteiger partial charge >= 0.3 is 0 Å². The number of nitrogens with zero attached hydrogens (tertiary/aromatic N) is 1. The number of piperidine rings is 1. The third kappa shape index (κ3) is 5.88. The van der Waals surface area contributed by atoms with Gasteiger partial charge in [-0.05, 0) is 49.6 Å². The second-order valence-corrected chi connectivity index (χ2v) is 11.3. The van der Waals surface area contributed by atoms with Crippen LogP contribution in [0.1, 0.15) is 39.2 Å². The Morgan fingerprint density at radius 3 is 2.50 bits per heavy atom. The van der Waals surface area contributed by atoms with Crippen molar-refractivity contribution in [1.29, 1.82) is 0 Å². The van der Waals surface area contributed by atoms with Crippen molar-refractivity contribution in [2.24, 2.45) is 11.3 Å². The van der Waals surface area contributed by atoms with Crippen LogP contribution in [-0.4, -0.2) is 45.3 Å². The molecule has 0 aromatic heterocycles. The average Bonchev–Trinajstić information content (AvgIpc) is 2.79. The summed E-state index contributed by atoms with van der Waals surface area (Å²) >= 11 is 0. The Bertz CT molecular complexity index is 1170. The molecule has 9 heteroatoms. The van der Waals surface area contributed by atoms with Crippen LogP contribution in [0.15, 0.2) is 47.4 Å². The number of aryl methyl sites for hydroxylation is 1. The first-order valence-electron chi connectivity index (χ1n) is 11.3. The van der Waals surface area contributed by atoms with Gasteiger partial charge in [0.05, 0.1) is 23.6 Å². The Morgan fingerprint density at radius 2 is 1.82 bits per heavy atom. The quantitative estimate of drug-likeness (QED) is 0.640. The highest BCUT2D eigenvalue weighted by molar-refractivity contribution is 7.92. The van der Waals surface area contributed by atoms with Crippen LogP contribution in [0.4, 0.5) is 11.4 Å². The molecular weight excluding hydrogens is 454 g/mol. The summed E-state index contributed by atoms with van der Waals surface area (Å²) in [4.78, 5) is 27.4. The molecule has 0 spiro atoms. The monoisotopic (exact) mass is 487 g/mol. The third-order valence-electron chi connectivity index (χ3n) is 5.82. The fourth-order valence-corrected chi connectivity index (χ4v) is 5.33. The highest BCUT2D eigenvalue weighted by atomic mass is 32.2. The van der Waals surface area contributed by atoms with Crippen molar-refractivity contribution < 1.29 is 22.7 Å². The first-order chi connectivity index (χ1) is 15.9. The van der Waals surface area contributed by atoms with Crippen molar-refractivity contribution in [3.05, 3.63) is 48.0 Å². The summed E-state index contributed by atoms with van der Waals surface area (Å²) in [6.07, 6.45) is 1.42. The lowest BCUT2D eigenvalue weighted by Gasteiger charge is -2.35. The zero-order valence-corrected chi connectivity index (χ0v) is 21.2. The van der Waals surface area contributed by atoms with E-state index in [9.17, 15) is 18.0 Å². The first-order valence-corrected chi connectivity index (χ1v) is 12.8. The van der Waals surface area contributed by atoms with Gasteiger partial charge in [0.25, 0.3) is 10.0 Å². The van der Waals surface area contributed by atoms with Crippen molar-refractivity contribution in [2.45, 2.75) is 45.4 Å². The summed E-state index contributed by atoms with van der Waals surface area (Å²) in [6, 6.07) is 11.5. The number of para-hydroxylation sites is 2. The number of anilines is 2. The summed E-state index contributed by atoms with van der Waals surface area (Å²) in [6.45, 7) is 8.29. The van der Waals surface area contributed by atoms with Crippen LogP contribution in [0, 0.1) is 18.3 Å². The number of ether oxygens (including phenoxy) is 1. The molecule has 0 bridgehead atoms. The Kier molecular flexibility index (Phi) is 7.55. The number of sulfonamides is 1. The van der Waals surface area contributed by atoms with Gasteiger partial charge in [0.15, 0.2) is 0 Å². The number of hydrogen-bond donors (Lipinski definition) is 2. The second-order valence-electron chi connectivity index (χ2n) is 9.62. The van der Waals surface area contributed by atoms with Gasteiger partial charge in [0, 0.05) is 24.2 Å². The number of methoxy groups -OCH3 is 1.